The van der Waals surface area contributed by atoms with E-state index in [1.165, 1.54) is 16.0 Å². The van der Waals surface area contributed by atoms with E-state index in [4.69, 9.17) is 4.74 Å². The van der Waals surface area contributed by atoms with Crippen LogP contribution in [-0.4, -0.2) is 18.3 Å². The number of carbonyl (C=O) groups is 1. The van der Waals surface area contributed by atoms with Crippen LogP contribution in [-0.2, 0) is 9.53 Å². The smallest absolute Gasteiger partial charge is 0.306 e. The van der Waals surface area contributed by atoms with Gasteiger partial charge in [0.15, 0.2) is 0 Å². The first-order valence-electron chi connectivity index (χ1n) is 6.62. The maximum atomic E-state index is 11.3. The highest BCUT2D eigenvalue weighted by molar-refractivity contribution is 7.99. The summed E-state index contributed by atoms with van der Waals surface area (Å²) in [6.45, 7) is 6.53. The first kappa shape index (κ1) is 15.8. The molecule has 0 aliphatic carbocycles. The number of hydrogen-bond acceptors (Lipinski definition) is 3. The van der Waals surface area contributed by atoms with Gasteiger partial charge in [0.2, 0.25) is 0 Å². The van der Waals surface area contributed by atoms with E-state index in [2.05, 4.69) is 38.1 Å². The fourth-order valence-electron chi connectivity index (χ4n) is 1.57. The lowest BCUT2D eigenvalue weighted by molar-refractivity contribution is -0.143. The summed E-state index contributed by atoms with van der Waals surface area (Å²) in [7, 11) is 0. The van der Waals surface area contributed by atoms with Gasteiger partial charge in [-0.05, 0) is 39.3 Å². The van der Waals surface area contributed by atoms with Gasteiger partial charge in [0.25, 0.3) is 0 Å². The lowest BCUT2D eigenvalue weighted by Gasteiger charge is -2.08. The summed E-state index contributed by atoms with van der Waals surface area (Å²) in [6, 6.07) is 10.4. The molecule has 0 saturated heterocycles. The molecule has 19 heavy (non-hydrogen) atoms. The average Bonchev–Trinajstić information content (AvgIpc) is 2.43. The molecule has 0 aliphatic heterocycles. The quantitative estimate of drug-likeness (QED) is 0.418. The highest BCUT2D eigenvalue weighted by Crippen LogP contribution is 2.22. The van der Waals surface area contributed by atoms with Crippen LogP contribution in [0.15, 0.2) is 46.4 Å². The third kappa shape index (κ3) is 6.48. The molecule has 0 atom stereocenters. The minimum absolute atomic E-state index is 0.106. The van der Waals surface area contributed by atoms with Crippen molar-refractivity contribution >= 4 is 17.7 Å². The minimum Gasteiger partial charge on any atom is -0.466 e. The van der Waals surface area contributed by atoms with Crippen LogP contribution >= 0.6 is 11.8 Å². The van der Waals surface area contributed by atoms with E-state index in [0.29, 0.717) is 13.0 Å². The number of hydrogen-bond donors (Lipinski definition) is 0. The SMILES string of the molecule is CCOC(=O)CC/C(C)=C(/C)CSc1ccccc1. The molecule has 0 saturated carbocycles. The molecule has 0 aromatic heterocycles. The van der Waals surface area contributed by atoms with E-state index in [9.17, 15) is 4.79 Å². The maximum Gasteiger partial charge on any atom is 0.306 e. The zero-order valence-electron chi connectivity index (χ0n) is 11.9. The molecule has 0 bridgehead atoms. The van der Waals surface area contributed by atoms with Crippen LogP contribution in [0.5, 0.6) is 0 Å². The Morgan fingerprint density at radius 2 is 1.79 bits per heavy atom. The predicted octanol–water partition coefficient (Wildman–Crippen LogP) is 4.46. The van der Waals surface area contributed by atoms with Gasteiger partial charge in [-0.15, -0.1) is 11.8 Å². The third-order valence-electron chi connectivity index (χ3n) is 2.94. The lowest BCUT2D eigenvalue weighted by Crippen LogP contribution is -2.04. The van der Waals surface area contributed by atoms with Gasteiger partial charge < -0.3 is 4.74 Å². The van der Waals surface area contributed by atoms with E-state index in [1.807, 2.05) is 24.8 Å². The summed E-state index contributed by atoms with van der Waals surface area (Å²) in [6.07, 6.45) is 1.27. The number of esters is 1. The Hall–Kier alpha value is -1.22. The number of allylic oxidation sites excluding steroid dienone is 1. The Morgan fingerprint density at radius 1 is 1.11 bits per heavy atom. The number of benzene rings is 1. The second kappa shape index (κ2) is 8.81. The standard InChI is InChI=1S/C16H22O2S/c1-4-18-16(17)11-10-13(2)14(3)12-19-15-8-6-5-7-9-15/h5-9H,4,10-12H2,1-3H3/b14-13-. The molecule has 0 spiro atoms. The highest BCUT2D eigenvalue weighted by Gasteiger charge is 2.04. The molecule has 1 aromatic carbocycles. The summed E-state index contributed by atoms with van der Waals surface area (Å²) < 4.78 is 4.93. The predicted molar refractivity (Wildman–Crippen MR) is 81.4 cm³/mol. The molecular weight excluding hydrogens is 256 g/mol. The molecule has 0 radical (unpaired) electrons. The monoisotopic (exact) mass is 278 g/mol. The van der Waals surface area contributed by atoms with Gasteiger partial charge in [0.05, 0.1) is 6.61 Å². The molecular formula is C16H22O2S. The molecule has 0 aliphatic rings. The normalized spacial score (nSPS) is 11.9. The highest BCUT2D eigenvalue weighted by atomic mass is 32.2. The average molecular weight is 278 g/mol. The summed E-state index contributed by atoms with van der Waals surface area (Å²) in [4.78, 5) is 12.6. The van der Waals surface area contributed by atoms with E-state index in [0.717, 1.165) is 12.2 Å². The van der Waals surface area contributed by atoms with Crippen molar-refractivity contribution in [2.75, 3.05) is 12.4 Å². The Labute approximate surface area is 120 Å². The van der Waals surface area contributed by atoms with Crippen LogP contribution in [0.25, 0.3) is 0 Å². The molecule has 2 nitrogen and oxygen atoms in total. The van der Waals surface area contributed by atoms with Crippen molar-refractivity contribution in [3.63, 3.8) is 0 Å². The number of thioether (sulfide) groups is 1. The summed E-state index contributed by atoms with van der Waals surface area (Å²) in [5.74, 6) is 0.865. The first-order valence-corrected chi connectivity index (χ1v) is 7.60. The fourth-order valence-corrected chi connectivity index (χ4v) is 2.55. The molecule has 0 N–H and O–H groups in total. The van der Waals surface area contributed by atoms with E-state index >= 15 is 0 Å². The Morgan fingerprint density at radius 3 is 2.42 bits per heavy atom. The van der Waals surface area contributed by atoms with Gasteiger partial charge in [-0.2, -0.15) is 0 Å². The van der Waals surface area contributed by atoms with Gasteiger partial charge in [-0.1, -0.05) is 29.3 Å². The van der Waals surface area contributed by atoms with Crippen molar-refractivity contribution in [3.8, 4) is 0 Å². The Bertz CT molecular complexity index is 424. The number of ether oxygens (including phenoxy) is 1. The van der Waals surface area contributed by atoms with E-state index < -0.39 is 0 Å². The van der Waals surface area contributed by atoms with Crippen LogP contribution in [0.4, 0.5) is 0 Å². The van der Waals surface area contributed by atoms with Gasteiger partial charge in [0.1, 0.15) is 0 Å². The molecule has 0 amide bonds. The second-order valence-corrected chi connectivity index (χ2v) is 5.52. The van der Waals surface area contributed by atoms with Crippen molar-refractivity contribution < 1.29 is 9.53 Å². The molecule has 0 heterocycles. The van der Waals surface area contributed by atoms with Crippen LogP contribution in [0, 0.1) is 0 Å². The summed E-state index contributed by atoms with van der Waals surface area (Å²) in [5.41, 5.74) is 2.63. The van der Waals surface area contributed by atoms with Gasteiger partial charge in [-0.3, -0.25) is 4.79 Å². The van der Waals surface area contributed by atoms with Crippen molar-refractivity contribution in [2.45, 2.75) is 38.5 Å². The third-order valence-corrected chi connectivity index (χ3v) is 4.12. The molecule has 104 valence electrons. The van der Waals surface area contributed by atoms with Crippen molar-refractivity contribution in [1.29, 1.82) is 0 Å². The number of rotatable bonds is 7. The van der Waals surface area contributed by atoms with Crippen LogP contribution < -0.4 is 0 Å². The van der Waals surface area contributed by atoms with Crippen LogP contribution in [0.3, 0.4) is 0 Å². The summed E-state index contributed by atoms with van der Waals surface area (Å²) >= 11 is 1.83. The molecule has 1 rings (SSSR count). The minimum atomic E-state index is -0.106. The molecule has 3 heteroatoms. The maximum absolute atomic E-state index is 11.3. The van der Waals surface area contributed by atoms with Gasteiger partial charge in [0, 0.05) is 17.1 Å². The second-order valence-electron chi connectivity index (χ2n) is 4.47. The van der Waals surface area contributed by atoms with Gasteiger partial charge >= 0.3 is 5.97 Å². The zero-order chi connectivity index (χ0) is 14.1. The zero-order valence-corrected chi connectivity index (χ0v) is 12.8. The first-order chi connectivity index (χ1) is 9.13. The Kier molecular flexibility index (Phi) is 7.34. The fraction of sp³-hybridized carbons (Fsp3) is 0.438. The van der Waals surface area contributed by atoms with Crippen molar-refractivity contribution in [2.24, 2.45) is 0 Å². The largest absolute Gasteiger partial charge is 0.466 e. The molecule has 0 unspecified atom stereocenters. The topological polar surface area (TPSA) is 26.3 Å². The van der Waals surface area contributed by atoms with E-state index in [-0.39, 0.29) is 5.97 Å². The number of carbonyl (C=O) groups excluding carboxylic acids is 1. The van der Waals surface area contributed by atoms with Crippen molar-refractivity contribution in [1.82, 2.24) is 0 Å². The van der Waals surface area contributed by atoms with Crippen LogP contribution in [0.1, 0.15) is 33.6 Å². The van der Waals surface area contributed by atoms with Crippen LogP contribution in [0.2, 0.25) is 0 Å². The molecule has 0 fully saturated rings. The lowest BCUT2D eigenvalue weighted by atomic mass is 10.1. The summed E-state index contributed by atoms with van der Waals surface area (Å²) in [5, 5.41) is 0. The molecule has 1 aromatic rings. The Balaban J connectivity index is 2.39. The van der Waals surface area contributed by atoms with Gasteiger partial charge in [-0.25, -0.2) is 0 Å². The van der Waals surface area contributed by atoms with E-state index in [1.54, 1.807) is 0 Å². The van der Waals surface area contributed by atoms with Crippen molar-refractivity contribution in [3.05, 3.63) is 41.5 Å².